The minimum Gasteiger partial charge on any atom is -0.369 e. The standard InChI is InChI=1S/C18H26FN3O/c1-4-21(13-15(2)3)18(23)14-20-9-11-22(12-10-20)17-7-5-16(19)6-8-17/h5-8H,2,4,9-14H2,1,3H3. The Labute approximate surface area is 138 Å². The minimum absolute atomic E-state index is 0.158. The van der Waals surface area contributed by atoms with Crippen molar-refractivity contribution in [3.05, 3.63) is 42.2 Å². The van der Waals surface area contributed by atoms with Crippen molar-refractivity contribution in [3.8, 4) is 0 Å². The van der Waals surface area contributed by atoms with E-state index < -0.39 is 0 Å². The Morgan fingerprint density at radius 3 is 2.35 bits per heavy atom. The molecule has 2 rings (SSSR count). The van der Waals surface area contributed by atoms with E-state index in [2.05, 4.69) is 16.4 Å². The van der Waals surface area contributed by atoms with E-state index >= 15 is 0 Å². The van der Waals surface area contributed by atoms with Crippen LogP contribution in [-0.2, 0) is 4.79 Å². The predicted octanol–water partition coefficient (Wildman–Crippen LogP) is 2.37. The second-order valence-corrected chi connectivity index (χ2v) is 6.10. The van der Waals surface area contributed by atoms with Gasteiger partial charge in [-0.2, -0.15) is 0 Å². The van der Waals surface area contributed by atoms with E-state index in [0.717, 1.165) is 37.4 Å². The minimum atomic E-state index is -0.213. The molecule has 1 fully saturated rings. The van der Waals surface area contributed by atoms with Crippen LogP contribution in [0, 0.1) is 5.82 Å². The Bertz CT molecular complexity index is 536. The maximum Gasteiger partial charge on any atom is 0.237 e. The zero-order valence-corrected chi connectivity index (χ0v) is 14.1. The van der Waals surface area contributed by atoms with Crippen LogP contribution in [0.2, 0.25) is 0 Å². The zero-order chi connectivity index (χ0) is 16.8. The van der Waals surface area contributed by atoms with Gasteiger partial charge < -0.3 is 9.80 Å². The molecule has 4 nitrogen and oxygen atoms in total. The van der Waals surface area contributed by atoms with Gasteiger partial charge in [-0.1, -0.05) is 12.2 Å². The number of anilines is 1. The fraction of sp³-hybridized carbons (Fsp3) is 0.500. The number of rotatable bonds is 6. The van der Waals surface area contributed by atoms with Gasteiger partial charge in [0.05, 0.1) is 6.54 Å². The summed E-state index contributed by atoms with van der Waals surface area (Å²) in [7, 11) is 0. The molecule has 0 spiro atoms. The maximum absolute atomic E-state index is 13.0. The third kappa shape index (κ3) is 5.06. The summed E-state index contributed by atoms with van der Waals surface area (Å²) in [6.45, 7) is 13.0. The molecular weight excluding hydrogens is 293 g/mol. The highest BCUT2D eigenvalue weighted by molar-refractivity contribution is 5.78. The number of nitrogens with zero attached hydrogens (tertiary/aromatic N) is 3. The summed E-state index contributed by atoms with van der Waals surface area (Å²) in [5.41, 5.74) is 2.04. The molecule has 0 bridgehead atoms. The first kappa shape index (κ1) is 17.5. The Hall–Kier alpha value is -1.88. The molecule has 1 aliphatic rings. The average Bonchev–Trinajstić information content (AvgIpc) is 2.54. The molecule has 126 valence electrons. The van der Waals surface area contributed by atoms with Crippen molar-refractivity contribution in [3.63, 3.8) is 0 Å². The normalized spacial score (nSPS) is 15.5. The fourth-order valence-corrected chi connectivity index (χ4v) is 2.81. The van der Waals surface area contributed by atoms with Crippen molar-refractivity contribution in [1.29, 1.82) is 0 Å². The Morgan fingerprint density at radius 1 is 1.22 bits per heavy atom. The molecule has 1 amide bonds. The van der Waals surface area contributed by atoms with Crippen LogP contribution >= 0.6 is 0 Å². The topological polar surface area (TPSA) is 26.8 Å². The molecule has 0 saturated carbocycles. The van der Waals surface area contributed by atoms with Crippen LogP contribution in [0.3, 0.4) is 0 Å². The highest BCUT2D eigenvalue weighted by atomic mass is 19.1. The van der Waals surface area contributed by atoms with Gasteiger partial charge in [0.15, 0.2) is 0 Å². The molecule has 5 heteroatoms. The third-order valence-electron chi connectivity index (χ3n) is 4.12. The second kappa shape index (κ2) is 8.11. The lowest BCUT2D eigenvalue weighted by Gasteiger charge is -2.36. The Morgan fingerprint density at radius 2 is 1.83 bits per heavy atom. The van der Waals surface area contributed by atoms with Crippen molar-refractivity contribution >= 4 is 11.6 Å². The zero-order valence-electron chi connectivity index (χ0n) is 14.1. The van der Waals surface area contributed by atoms with Crippen molar-refractivity contribution in [2.75, 3.05) is 50.7 Å². The fourth-order valence-electron chi connectivity index (χ4n) is 2.81. The van der Waals surface area contributed by atoms with Crippen LogP contribution in [0.4, 0.5) is 10.1 Å². The first-order valence-electron chi connectivity index (χ1n) is 8.14. The molecular formula is C18H26FN3O. The molecule has 0 N–H and O–H groups in total. The molecule has 0 unspecified atom stereocenters. The maximum atomic E-state index is 13.0. The van der Waals surface area contributed by atoms with Crippen LogP contribution in [0.5, 0.6) is 0 Å². The monoisotopic (exact) mass is 319 g/mol. The third-order valence-corrected chi connectivity index (χ3v) is 4.12. The molecule has 0 aliphatic carbocycles. The lowest BCUT2D eigenvalue weighted by molar-refractivity contribution is -0.131. The summed E-state index contributed by atoms with van der Waals surface area (Å²) in [6, 6.07) is 6.59. The van der Waals surface area contributed by atoms with E-state index in [0.29, 0.717) is 19.6 Å². The summed E-state index contributed by atoms with van der Waals surface area (Å²) in [6.07, 6.45) is 0. The number of carbonyl (C=O) groups excluding carboxylic acids is 1. The van der Waals surface area contributed by atoms with E-state index in [1.54, 1.807) is 0 Å². The van der Waals surface area contributed by atoms with Crippen molar-refractivity contribution in [2.24, 2.45) is 0 Å². The van der Waals surface area contributed by atoms with E-state index in [4.69, 9.17) is 0 Å². The van der Waals surface area contributed by atoms with Crippen LogP contribution in [-0.4, -0.2) is 61.5 Å². The predicted molar refractivity (Wildman–Crippen MR) is 92.1 cm³/mol. The smallest absolute Gasteiger partial charge is 0.237 e. The van der Waals surface area contributed by atoms with Gasteiger partial charge in [0.25, 0.3) is 0 Å². The lowest BCUT2D eigenvalue weighted by atomic mass is 10.2. The van der Waals surface area contributed by atoms with E-state index in [1.807, 2.05) is 30.9 Å². The molecule has 0 radical (unpaired) electrons. The van der Waals surface area contributed by atoms with Gasteiger partial charge in [0.2, 0.25) is 5.91 Å². The number of piperazine rings is 1. The molecule has 1 saturated heterocycles. The van der Waals surface area contributed by atoms with E-state index in [-0.39, 0.29) is 11.7 Å². The summed E-state index contributed by atoms with van der Waals surface area (Å²) in [5, 5.41) is 0. The number of carbonyl (C=O) groups is 1. The largest absolute Gasteiger partial charge is 0.369 e. The highest BCUT2D eigenvalue weighted by Crippen LogP contribution is 2.16. The van der Waals surface area contributed by atoms with Gasteiger partial charge in [-0.15, -0.1) is 0 Å². The van der Waals surface area contributed by atoms with Gasteiger partial charge in [0.1, 0.15) is 5.82 Å². The number of hydrogen-bond acceptors (Lipinski definition) is 3. The van der Waals surface area contributed by atoms with Crippen LogP contribution in [0.25, 0.3) is 0 Å². The summed E-state index contributed by atoms with van der Waals surface area (Å²) >= 11 is 0. The number of amides is 1. The number of likely N-dealkylation sites (N-methyl/N-ethyl adjacent to an activating group) is 1. The lowest BCUT2D eigenvalue weighted by Crippen LogP contribution is -2.50. The molecule has 0 aromatic heterocycles. The second-order valence-electron chi connectivity index (χ2n) is 6.10. The summed E-state index contributed by atoms with van der Waals surface area (Å²) < 4.78 is 13.0. The van der Waals surface area contributed by atoms with E-state index in [1.165, 1.54) is 12.1 Å². The molecule has 1 aliphatic heterocycles. The van der Waals surface area contributed by atoms with Gasteiger partial charge in [-0.25, -0.2) is 4.39 Å². The Balaban J connectivity index is 1.83. The van der Waals surface area contributed by atoms with Gasteiger partial charge in [-0.05, 0) is 38.1 Å². The molecule has 1 heterocycles. The van der Waals surface area contributed by atoms with Gasteiger partial charge in [0, 0.05) is 45.0 Å². The van der Waals surface area contributed by atoms with Gasteiger partial charge >= 0.3 is 0 Å². The first-order valence-corrected chi connectivity index (χ1v) is 8.14. The molecule has 23 heavy (non-hydrogen) atoms. The average molecular weight is 319 g/mol. The summed E-state index contributed by atoms with van der Waals surface area (Å²) in [5.74, 6) is -0.0547. The van der Waals surface area contributed by atoms with Crippen LogP contribution < -0.4 is 4.90 Å². The molecule has 1 aromatic rings. The summed E-state index contributed by atoms with van der Waals surface area (Å²) in [4.78, 5) is 18.6. The highest BCUT2D eigenvalue weighted by Gasteiger charge is 2.21. The number of benzene rings is 1. The van der Waals surface area contributed by atoms with Gasteiger partial charge in [-0.3, -0.25) is 9.69 Å². The van der Waals surface area contributed by atoms with Crippen LogP contribution in [0.1, 0.15) is 13.8 Å². The van der Waals surface area contributed by atoms with Crippen molar-refractivity contribution in [1.82, 2.24) is 9.80 Å². The molecule has 0 atom stereocenters. The van der Waals surface area contributed by atoms with Crippen LogP contribution in [0.15, 0.2) is 36.4 Å². The van der Waals surface area contributed by atoms with Crippen molar-refractivity contribution < 1.29 is 9.18 Å². The quantitative estimate of drug-likeness (QED) is 0.753. The Kier molecular flexibility index (Phi) is 6.16. The molecule has 1 aromatic carbocycles. The number of halogens is 1. The van der Waals surface area contributed by atoms with E-state index in [9.17, 15) is 9.18 Å². The first-order chi connectivity index (χ1) is 11.0. The number of hydrogen-bond donors (Lipinski definition) is 0. The SMILES string of the molecule is C=C(C)CN(CC)C(=O)CN1CCN(c2ccc(F)cc2)CC1. The van der Waals surface area contributed by atoms with Crippen molar-refractivity contribution in [2.45, 2.75) is 13.8 Å².